The lowest BCUT2D eigenvalue weighted by molar-refractivity contribution is 0.455. The van der Waals surface area contributed by atoms with Crippen LogP contribution in [0, 0.1) is 0 Å². The Kier molecular flexibility index (Phi) is 2.93. The van der Waals surface area contributed by atoms with Crippen LogP contribution in [0.4, 0.5) is 0 Å². The lowest BCUT2D eigenvalue weighted by Gasteiger charge is -2.07. The van der Waals surface area contributed by atoms with Gasteiger partial charge < -0.3 is 4.74 Å². The monoisotopic (exact) mass is 272 g/mol. The van der Waals surface area contributed by atoms with E-state index in [2.05, 4.69) is 10.2 Å². The fourth-order valence-electron chi connectivity index (χ4n) is 1.83. The Balaban J connectivity index is 2.08. The molecule has 3 rings (SSSR count). The Morgan fingerprint density at radius 1 is 1.11 bits per heavy atom. The quantitative estimate of drug-likeness (QED) is 0.778. The molecule has 1 aromatic heterocycles. The van der Waals surface area contributed by atoms with E-state index >= 15 is 0 Å². The van der Waals surface area contributed by atoms with Crippen LogP contribution in [-0.2, 0) is 0 Å². The fourth-order valence-corrected chi connectivity index (χ4v) is 1.97. The molecule has 0 saturated carbocycles. The first-order valence-electron chi connectivity index (χ1n) is 5.65. The van der Waals surface area contributed by atoms with Gasteiger partial charge in [-0.15, -0.1) is 5.10 Å². The molecule has 0 aliphatic heterocycles. The molecule has 0 bridgehead atoms. The summed E-state index contributed by atoms with van der Waals surface area (Å²) in [5.74, 6) is 0.555. The Labute approximate surface area is 113 Å². The number of hydrogen-bond acceptors (Lipinski definition) is 3. The van der Waals surface area contributed by atoms with Crippen LogP contribution in [0.25, 0.3) is 10.8 Å². The highest BCUT2D eigenvalue weighted by Gasteiger charge is 2.07. The Morgan fingerprint density at radius 3 is 2.74 bits per heavy atom. The van der Waals surface area contributed by atoms with Crippen LogP contribution in [0.3, 0.4) is 0 Å². The van der Waals surface area contributed by atoms with E-state index in [1.54, 1.807) is 6.07 Å². The highest BCUT2D eigenvalue weighted by atomic mass is 35.5. The molecule has 0 spiro atoms. The maximum Gasteiger partial charge on any atom is 0.285 e. The third kappa shape index (κ3) is 2.30. The van der Waals surface area contributed by atoms with Gasteiger partial charge in [0.05, 0.1) is 0 Å². The highest BCUT2D eigenvalue weighted by molar-refractivity contribution is 6.29. The van der Waals surface area contributed by atoms with E-state index in [0.717, 1.165) is 10.8 Å². The van der Waals surface area contributed by atoms with Crippen molar-refractivity contribution in [1.29, 1.82) is 0 Å². The van der Waals surface area contributed by atoms with Crippen molar-refractivity contribution in [2.24, 2.45) is 0 Å². The number of fused-ring (bicyclic) bond motifs is 1. The smallest absolute Gasteiger partial charge is 0.285 e. The molecule has 0 aliphatic carbocycles. The number of nitrogens with zero attached hydrogens (tertiary/aromatic N) is 1. The Hall–Kier alpha value is -2.33. The maximum absolute atomic E-state index is 11.7. The minimum atomic E-state index is -0.364. The van der Waals surface area contributed by atoms with Gasteiger partial charge in [0.2, 0.25) is 5.43 Å². The number of halogens is 1. The topological polar surface area (TPSA) is 55.0 Å². The van der Waals surface area contributed by atoms with Crippen LogP contribution >= 0.6 is 11.6 Å². The minimum Gasteiger partial charge on any atom is -0.434 e. The number of rotatable bonds is 2. The van der Waals surface area contributed by atoms with Gasteiger partial charge >= 0.3 is 0 Å². The molecule has 0 radical (unpaired) electrons. The summed E-state index contributed by atoms with van der Waals surface area (Å²) in [6, 6.07) is 14.6. The van der Waals surface area contributed by atoms with Crippen molar-refractivity contribution in [3.8, 4) is 11.6 Å². The summed E-state index contributed by atoms with van der Waals surface area (Å²) in [7, 11) is 0. The molecular formula is C14H9ClN2O2. The van der Waals surface area contributed by atoms with E-state index in [0.29, 0.717) is 5.75 Å². The largest absolute Gasteiger partial charge is 0.434 e. The summed E-state index contributed by atoms with van der Waals surface area (Å²) in [6.07, 6.45) is 0. The molecule has 0 atom stereocenters. The predicted octanol–water partition coefficient (Wildman–Crippen LogP) is 3.37. The lowest BCUT2D eigenvalue weighted by atomic mass is 10.1. The Morgan fingerprint density at radius 2 is 1.89 bits per heavy atom. The average Bonchev–Trinajstić information content (AvgIpc) is 2.42. The number of hydrogen-bond donors (Lipinski definition) is 1. The molecule has 0 aliphatic rings. The van der Waals surface area contributed by atoms with Gasteiger partial charge in [-0.2, -0.15) is 0 Å². The van der Waals surface area contributed by atoms with Crippen molar-refractivity contribution < 1.29 is 4.74 Å². The van der Waals surface area contributed by atoms with Gasteiger partial charge in [0.1, 0.15) is 10.9 Å². The molecule has 0 unspecified atom stereocenters. The van der Waals surface area contributed by atoms with Gasteiger partial charge in [-0.1, -0.05) is 48.0 Å². The third-order valence-corrected chi connectivity index (χ3v) is 2.88. The van der Waals surface area contributed by atoms with E-state index in [9.17, 15) is 4.79 Å². The minimum absolute atomic E-state index is 0.0271. The summed E-state index contributed by atoms with van der Waals surface area (Å²) in [4.78, 5) is 11.7. The van der Waals surface area contributed by atoms with Crippen LogP contribution < -0.4 is 10.2 Å². The fraction of sp³-hybridized carbons (Fsp3) is 0. The van der Waals surface area contributed by atoms with Crippen molar-refractivity contribution in [2.75, 3.05) is 0 Å². The second kappa shape index (κ2) is 4.74. The molecule has 19 heavy (non-hydrogen) atoms. The van der Waals surface area contributed by atoms with Gasteiger partial charge in [-0.05, 0) is 11.5 Å². The zero-order valence-corrected chi connectivity index (χ0v) is 10.5. The molecule has 1 N–H and O–H groups in total. The van der Waals surface area contributed by atoms with Crippen molar-refractivity contribution in [2.45, 2.75) is 0 Å². The normalized spacial score (nSPS) is 10.6. The summed E-state index contributed by atoms with van der Waals surface area (Å²) in [5, 5.41) is 8.41. The molecule has 0 fully saturated rings. The summed E-state index contributed by atoms with van der Waals surface area (Å²) in [5.41, 5.74) is -0.364. The summed E-state index contributed by atoms with van der Waals surface area (Å²) >= 11 is 5.64. The molecule has 1 heterocycles. The number of benzene rings is 2. The first kappa shape index (κ1) is 11.7. The number of nitrogens with one attached hydrogen (secondary N) is 1. The maximum atomic E-state index is 11.7. The number of aromatic amines is 1. The van der Waals surface area contributed by atoms with Gasteiger partial charge in [0.15, 0.2) is 0 Å². The second-order valence-electron chi connectivity index (χ2n) is 3.96. The van der Waals surface area contributed by atoms with Crippen molar-refractivity contribution >= 4 is 22.4 Å². The van der Waals surface area contributed by atoms with Crippen LogP contribution in [0.2, 0.25) is 5.15 Å². The Bertz CT molecular complexity index is 793. The molecule has 5 heteroatoms. The van der Waals surface area contributed by atoms with Crippen molar-refractivity contribution in [1.82, 2.24) is 10.2 Å². The van der Waals surface area contributed by atoms with Crippen molar-refractivity contribution in [3.63, 3.8) is 0 Å². The van der Waals surface area contributed by atoms with E-state index < -0.39 is 0 Å². The standard InChI is InChI=1S/C14H9ClN2O2/c15-13-8-11(18)14(17-16-13)19-12-7-3-5-9-4-1-2-6-10(9)12/h1-8H,(H,16,18). The lowest BCUT2D eigenvalue weighted by Crippen LogP contribution is -2.07. The van der Waals surface area contributed by atoms with Gasteiger partial charge in [-0.25, -0.2) is 0 Å². The average molecular weight is 273 g/mol. The molecule has 94 valence electrons. The number of H-pyrrole nitrogens is 1. The SMILES string of the molecule is O=c1cc(Cl)[nH]nc1Oc1cccc2ccccc12. The molecule has 0 amide bonds. The zero-order valence-electron chi connectivity index (χ0n) is 9.76. The highest BCUT2D eigenvalue weighted by Crippen LogP contribution is 2.27. The first-order chi connectivity index (χ1) is 9.24. The van der Waals surface area contributed by atoms with E-state index in [-0.39, 0.29) is 16.5 Å². The van der Waals surface area contributed by atoms with E-state index in [1.165, 1.54) is 6.07 Å². The van der Waals surface area contributed by atoms with Gasteiger partial charge in [0, 0.05) is 11.5 Å². The summed E-state index contributed by atoms with van der Waals surface area (Å²) in [6.45, 7) is 0. The van der Waals surface area contributed by atoms with Crippen LogP contribution in [0.5, 0.6) is 11.6 Å². The molecule has 0 saturated heterocycles. The van der Waals surface area contributed by atoms with Crippen LogP contribution in [-0.4, -0.2) is 10.2 Å². The number of aromatic nitrogens is 2. The summed E-state index contributed by atoms with van der Waals surface area (Å²) < 4.78 is 5.56. The molecule has 4 nitrogen and oxygen atoms in total. The van der Waals surface area contributed by atoms with E-state index in [1.807, 2.05) is 36.4 Å². The van der Waals surface area contributed by atoms with Crippen LogP contribution in [0.15, 0.2) is 53.3 Å². The third-order valence-electron chi connectivity index (χ3n) is 2.69. The van der Waals surface area contributed by atoms with Gasteiger partial charge in [0.25, 0.3) is 5.88 Å². The number of ether oxygens (including phenoxy) is 1. The zero-order chi connectivity index (χ0) is 13.2. The van der Waals surface area contributed by atoms with Gasteiger partial charge in [-0.3, -0.25) is 9.89 Å². The molecule has 2 aromatic carbocycles. The predicted molar refractivity (Wildman–Crippen MR) is 73.9 cm³/mol. The van der Waals surface area contributed by atoms with Crippen LogP contribution in [0.1, 0.15) is 0 Å². The second-order valence-corrected chi connectivity index (χ2v) is 4.37. The first-order valence-corrected chi connectivity index (χ1v) is 6.03. The van der Waals surface area contributed by atoms with Crippen molar-refractivity contribution in [3.05, 3.63) is 63.9 Å². The van der Waals surface area contributed by atoms with E-state index in [4.69, 9.17) is 16.3 Å². The molecular weight excluding hydrogens is 264 g/mol. The molecule has 3 aromatic rings.